The number of carbonyl (C=O) groups is 1. The van der Waals surface area contributed by atoms with E-state index >= 15 is 0 Å². The van der Waals surface area contributed by atoms with Crippen LogP contribution in [0.25, 0.3) is 0 Å². The minimum Gasteiger partial charge on any atom is -0.495 e. The molecule has 0 bridgehead atoms. The fourth-order valence-corrected chi connectivity index (χ4v) is 5.11. The molecule has 6 nitrogen and oxygen atoms in total. The van der Waals surface area contributed by atoms with Gasteiger partial charge < -0.3 is 10.1 Å². The van der Waals surface area contributed by atoms with Crippen LogP contribution < -0.4 is 10.1 Å². The van der Waals surface area contributed by atoms with Gasteiger partial charge >= 0.3 is 0 Å². The van der Waals surface area contributed by atoms with Gasteiger partial charge in [-0.05, 0) is 43.2 Å². The molecule has 1 fully saturated rings. The molecule has 2 aromatic rings. The topological polar surface area (TPSA) is 75.7 Å². The van der Waals surface area contributed by atoms with E-state index in [1.807, 2.05) is 0 Å². The van der Waals surface area contributed by atoms with E-state index in [0.29, 0.717) is 12.8 Å². The van der Waals surface area contributed by atoms with Gasteiger partial charge in [0, 0.05) is 18.1 Å². The summed E-state index contributed by atoms with van der Waals surface area (Å²) in [5.74, 6) is -1.36. The first-order chi connectivity index (χ1) is 13.3. The quantitative estimate of drug-likeness (QED) is 0.793. The number of nitrogens with zero attached hydrogens (tertiary/aromatic N) is 1. The molecule has 1 heterocycles. The van der Waals surface area contributed by atoms with E-state index in [2.05, 4.69) is 5.32 Å². The van der Waals surface area contributed by atoms with Crippen molar-refractivity contribution in [1.82, 2.24) is 4.31 Å². The summed E-state index contributed by atoms with van der Waals surface area (Å²) >= 11 is 5.96. The van der Waals surface area contributed by atoms with E-state index in [0.717, 1.165) is 0 Å². The Labute approximate surface area is 168 Å². The molecule has 0 saturated carbocycles. The maximum Gasteiger partial charge on any atom is 0.246 e. The predicted octanol–water partition coefficient (Wildman–Crippen LogP) is 3.53. The number of halogens is 2. The minimum atomic E-state index is -3.90. The van der Waals surface area contributed by atoms with Crippen LogP contribution in [0.2, 0.25) is 5.02 Å². The summed E-state index contributed by atoms with van der Waals surface area (Å²) in [6.45, 7) is 0.278. The number of hydrogen-bond donors (Lipinski definition) is 1. The SMILES string of the molecule is COc1ccc(Cl)cc1S(=O)(=O)N1CCC[C@@H](C(=O)Nc2ccccc2F)C1. The Balaban J connectivity index is 1.80. The van der Waals surface area contributed by atoms with Crippen LogP contribution in [-0.2, 0) is 14.8 Å². The van der Waals surface area contributed by atoms with Crippen molar-refractivity contribution >= 4 is 33.2 Å². The number of carbonyl (C=O) groups excluding carboxylic acids is 1. The van der Waals surface area contributed by atoms with Gasteiger partial charge in [0.2, 0.25) is 15.9 Å². The Kier molecular flexibility index (Phi) is 6.22. The van der Waals surface area contributed by atoms with E-state index in [1.165, 1.54) is 41.7 Å². The first kappa shape index (κ1) is 20.6. The van der Waals surface area contributed by atoms with Gasteiger partial charge in [-0.1, -0.05) is 23.7 Å². The summed E-state index contributed by atoms with van der Waals surface area (Å²) in [6, 6.07) is 10.2. The lowest BCUT2D eigenvalue weighted by Crippen LogP contribution is -2.43. The van der Waals surface area contributed by atoms with Crippen LogP contribution in [0.3, 0.4) is 0 Å². The molecule has 1 N–H and O–H groups in total. The molecule has 150 valence electrons. The number of ether oxygens (including phenoxy) is 1. The maximum absolute atomic E-state index is 13.8. The predicted molar refractivity (Wildman–Crippen MR) is 105 cm³/mol. The number of anilines is 1. The highest BCUT2D eigenvalue weighted by Gasteiger charge is 2.35. The van der Waals surface area contributed by atoms with Crippen LogP contribution in [0.1, 0.15) is 12.8 Å². The largest absolute Gasteiger partial charge is 0.495 e. The van der Waals surface area contributed by atoms with Crippen LogP contribution in [0.15, 0.2) is 47.4 Å². The zero-order valence-electron chi connectivity index (χ0n) is 15.2. The van der Waals surface area contributed by atoms with Gasteiger partial charge in [-0.15, -0.1) is 0 Å². The smallest absolute Gasteiger partial charge is 0.246 e. The van der Waals surface area contributed by atoms with Gasteiger partial charge in [-0.3, -0.25) is 4.79 Å². The molecule has 2 aromatic carbocycles. The second-order valence-electron chi connectivity index (χ2n) is 6.47. The molecule has 0 radical (unpaired) electrons. The van der Waals surface area contributed by atoms with Gasteiger partial charge in [-0.2, -0.15) is 4.31 Å². The highest BCUT2D eigenvalue weighted by atomic mass is 35.5. The highest BCUT2D eigenvalue weighted by molar-refractivity contribution is 7.89. The van der Waals surface area contributed by atoms with Crippen molar-refractivity contribution in [3.63, 3.8) is 0 Å². The number of sulfonamides is 1. The summed E-state index contributed by atoms with van der Waals surface area (Å²) in [5, 5.41) is 2.81. The van der Waals surface area contributed by atoms with Crippen LogP contribution in [0, 0.1) is 11.7 Å². The Morgan fingerprint density at radius 3 is 2.75 bits per heavy atom. The summed E-state index contributed by atoms with van der Waals surface area (Å²) in [6.07, 6.45) is 1.02. The fourth-order valence-electron chi connectivity index (χ4n) is 3.16. The average molecular weight is 427 g/mol. The zero-order chi connectivity index (χ0) is 20.3. The summed E-state index contributed by atoms with van der Waals surface area (Å²) in [4.78, 5) is 12.5. The third kappa shape index (κ3) is 4.29. The van der Waals surface area contributed by atoms with Crippen LogP contribution in [0.4, 0.5) is 10.1 Å². The monoisotopic (exact) mass is 426 g/mol. The second kappa shape index (κ2) is 8.46. The molecule has 0 aliphatic carbocycles. The molecule has 1 aliphatic heterocycles. The number of piperidine rings is 1. The van der Waals surface area contributed by atoms with Gasteiger partial charge in [0.1, 0.15) is 16.5 Å². The van der Waals surface area contributed by atoms with Crippen molar-refractivity contribution in [1.29, 1.82) is 0 Å². The van der Waals surface area contributed by atoms with Gasteiger partial charge in [0.05, 0.1) is 18.7 Å². The molecule has 0 spiro atoms. The lowest BCUT2D eigenvalue weighted by atomic mass is 9.98. The van der Waals surface area contributed by atoms with Crippen molar-refractivity contribution in [3.8, 4) is 5.75 Å². The molecule has 28 heavy (non-hydrogen) atoms. The molecule has 9 heteroatoms. The van der Waals surface area contributed by atoms with E-state index in [9.17, 15) is 17.6 Å². The first-order valence-electron chi connectivity index (χ1n) is 8.72. The van der Waals surface area contributed by atoms with Crippen LogP contribution >= 0.6 is 11.6 Å². The molecule has 1 aliphatic rings. The van der Waals surface area contributed by atoms with E-state index in [4.69, 9.17) is 16.3 Å². The lowest BCUT2D eigenvalue weighted by Gasteiger charge is -2.31. The van der Waals surface area contributed by atoms with Crippen molar-refractivity contribution in [2.24, 2.45) is 5.92 Å². The van der Waals surface area contributed by atoms with Gasteiger partial charge in [0.15, 0.2) is 0 Å². The normalized spacial score (nSPS) is 17.9. The van der Waals surface area contributed by atoms with E-state index in [-0.39, 0.29) is 34.4 Å². The molecule has 1 amide bonds. The third-order valence-electron chi connectivity index (χ3n) is 4.63. The van der Waals surface area contributed by atoms with Crippen molar-refractivity contribution in [3.05, 3.63) is 53.3 Å². The summed E-state index contributed by atoms with van der Waals surface area (Å²) in [5.41, 5.74) is 0.0731. The summed E-state index contributed by atoms with van der Waals surface area (Å²) < 4.78 is 46.4. The number of nitrogens with one attached hydrogen (secondary N) is 1. The van der Waals surface area contributed by atoms with E-state index in [1.54, 1.807) is 12.1 Å². The number of amides is 1. The third-order valence-corrected chi connectivity index (χ3v) is 6.75. The second-order valence-corrected chi connectivity index (χ2v) is 8.81. The van der Waals surface area contributed by atoms with Crippen LogP contribution in [-0.4, -0.2) is 38.8 Å². The standard InChI is InChI=1S/C19H20ClFN2O4S/c1-27-17-9-8-14(20)11-18(17)28(25,26)23-10-4-5-13(12-23)19(24)22-16-7-3-2-6-15(16)21/h2-3,6-9,11,13H,4-5,10,12H2,1H3,(H,22,24)/t13-/m1/s1. The van der Waals surface area contributed by atoms with E-state index < -0.39 is 27.7 Å². The number of para-hydroxylation sites is 1. The zero-order valence-corrected chi connectivity index (χ0v) is 16.8. The lowest BCUT2D eigenvalue weighted by molar-refractivity contribution is -0.120. The Morgan fingerprint density at radius 2 is 2.04 bits per heavy atom. The Bertz CT molecular complexity index is 984. The average Bonchev–Trinajstić information content (AvgIpc) is 2.69. The number of methoxy groups -OCH3 is 1. The number of hydrogen-bond acceptors (Lipinski definition) is 4. The Hall–Kier alpha value is -2.16. The molecule has 0 unspecified atom stereocenters. The van der Waals surface area contributed by atoms with Crippen molar-refractivity contribution < 1.29 is 22.3 Å². The van der Waals surface area contributed by atoms with Gasteiger partial charge in [0.25, 0.3) is 0 Å². The van der Waals surface area contributed by atoms with Gasteiger partial charge in [-0.25, -0.2) is 12.8 Å². The fraction of sp³-hybridized carbons (Fsp3) is 0.316. The number of benzene rings is 2. The number of rotatable bonds is 5. The summed E-state index contributed by atoms with van der Waals surface area (Å²) in [7, 11) is -2.53. The Morgan fingerprint density at radius 1 is 1.29 bits per heavy atom. The first-order valence-corrected chi connectivity index (χ1v) is 10.5. The molecule has 3 rings (SSSR count). The minimum absolute atomic E-state index is 0.00170. The molecule has 1 saturated heterocycles. The van der Waals surface area contributed by atoms with Crippen molar-refractivity contribution in [2.75, 3.05) is 25.5 Å². The molecule has 0 aromatic heterocycles. The van der Waals surface area contributed by atoms with Crippen molar-refractivity contribution in [2.45, 2.75) is 17.7 Å². The highest BCUT2D eigenvalue weighted by Crippen LogP contribution is 2.32. The molecule has 1 atom stereocenters. The molecular formula is C19H20ClFN2O4S. The van der Waals surface area contributed by atoms with Crippen LogP contribution in [0.5, 0.6) is 5.75 Å². The molecular weight excluding hydrogens is 407 g/mol. The maximum atomic E-state index is 13.8.